The Morgan fingerprint density at radius 1 is 1.56 bits per heavy atom. The topological polar surface area (TPSA) is 77.0 Å². The van der Waals surface area contributed by atoms with Crippen LogP contribution in [0.4, 0.5) is 5.95 Å². The van der Waals surface area contributed by atoms with Crippen molar-refractivity contribution in [3.8, 4) is 0 Å². The number of nitrogens with zero attached hydrogens (tertiary/aromatic N) is 2. The van der Waals surface area contributed by atoms with Crippen molar-refractivity contribution in [1.82, 2.24) is 9.97 Å². The molecule has 3 N–H and O–H groups in total. The van der Waals surface area contributed by atoms with Crippen LogP contribution in [-0.2, 0) is 6.42 Å². The van der Waals surface area contributed by atoms with Crippen LogP contribution in [0.1, 0.15) is 18.4 Å². The fraction of sp³-hybridized carbons (Fsp3) is 0.250. The van der Waals surface area contributed by atoms with Gasteiger partial charge in [0.05, 0.1) is 6.26 Å². The van der Waals surface area contributed by atoms with Gasteiger partial charge in [-0.1, -0.05) is 12.2 Å². The molecule has 0 fully saturated rings. The normalized spacial score (nSPS) is 12.1. The van der Waals surface area contributed by atoms with E-state index in [1.165, 1.54) is 0 Å². The Kier molecular flexibility index (Phi) is 3.88. The number of nitrogens with one attached hydrogen (secondary N) is 1. The van der Waals surface area contributed by atoms with Gasteiger partial charge in [0.2, 0.25) is 5.95 Å². The van der Waals surface area contributed by atoms with Gasteiger partial charge in [0, 0.05) is 18.7 Å². The van der Waals surface area contributed by atoms with Gasteiger partial charge in [-0.25, -0.2) is 9.97 Å². The molecule has 2 aromatic rings. The monoisotopic (exact) mass is 262 g/mol. The molecule has 0 radical (unpaired) electrons. The summed E-state index contributed by atoms with van der Waals surface area (Å²) < 4.78 is 5.28. The maximum Gasteiger partial charge on any atom is 0.223 e. The molecule has 0 aliphatic heterocycles. The number of furan rings is 1. The summed E-state index contributed by atoms with van der Waals surface area (Å²) in [5.74, 6) is 1.43. The second-order valence-electron chi connectivity index (χ2n) is 3.96. The average molecular weight is 262 g/mol. The molecule has 0 bridgehead atoms. The van der Waals surface area contributed by atoms with Crippen LogP contribution in [0.15, 0.2) is 35.1 Å². The standard InChI is InChI=1S/C12H14N4OS/c1-8(7-9-3-2-6-17-9)15-12-14-5-4-10(16-12)11(13)18/h2-6,8H,7H2,1H3,(H2,13,18)(H,14,15,16). The maximum absolute atomic E-state index is 5.52. The van der Waals surface area contributed by atoms with Crippen LogP contribution in [0, 0.1) is 0 Å². The van der Waals surface area contributed by atoms with Crippen molar-refractivity contribution in [3.05, 3.63) is 42.1 Å². The summed E-state index contributed by atoms with van der Waals surface area (Å²) in [6.07, 6.45) is 4.04. The molecular weight excluding hydrogens is 248 g/mol. The predicted octanol–water partition coefficient (Wildman–Crippen LogP) is 1.75. The molecule has 0 aliphatic rings. The zero-order valence-electron chi connectivity index (χ0n) is 9.96. The van der Waals surface area contributed by atoms with Gasteiger partial charge < -0.3 is 15.5 Å². The summed E-state index contributed by atoms with van der Waals surface area (Å²) in [5, 5.41) is 3.18. The highest BCUT2D eigenvalue weighted by Crippen LogP contribution is 2.08. The van der Waals surface area contributed by atoms with Gasteiger partial charge in [0.1, 0.15) is 16.4 Å². The number of anilines is 1. The number of rotatable bonds is 5. The Morgan fingerprint density at radius 2 is 2.39 bits per heavy atom. The quantitative estimate of drug-likeness (QED) is 0.799. The van der Waals surface area contributed by atoms with Crippen molar-refractivity contribution in [2.75, 3.05) is 5.32 Å². The Morgan fingerprint density at radius 3 is 3.06 bits per heavy atom. The lowest BCUT2D eigenvalue weighted by Gasteiger charge is -2.12. The van der Waals surface area contributed by atoms with Crippen molar-refractivity contribution in [2.24, 2.45) is 5.73 Å². The fourth-order valence-electron chi connectivity index (χ4n) is 1.57. The molecule has 2 aromatic heterocycles. The lowest BCUT2D eigenvalue weighted by Crippen LogP contribution is -2.21. The highest BCUT2D eigenvalue weighted by Gasteiger charge is 2.08. The third-order valence-corrected chi connectivity index (χ3v) is 2.58. The van der Waals surface area contributed by atoms with Crippen molar-refractivity contribution >= 4 is 23.2 Å². The molecule has 5 nitrogen and oxygen atoms in total. The van der Waals surface area contributed by atoms with Crippen LogP contribution in [0.3, 0.4) is 0 Å². The number of aromatic nitrogens is 2. The summed E-state index contributed by atoms with van der Waals surface area (Å²) in [4.78, 5) is 8.61. The van der Waals surface area contributed by atoms with E-state index in [9.17, 15) is 0 Å². The van der Waals surface area contributed by atoms with E-state index in [-0.39, 0.29) is 11.0 Å². The lowest BCUT2D eigenvalue weighted by molar-refractivity contribution is 0.497. The first-order valence-corrected chi connectivity index (χ1v) is 5.98. The average Bonchev–Trinajstić information content (AvgIpc) is 2.82. The van der Waals surface area contributed by atoms with E-state index in [0.717, 1.165) is 12.2 Å². The Bertz CT molecular complexity index is 527. The minimum atomic E-state index is 0.151. The molecule has 94 valence electrons. The van der Waals surface area contributed by atoms with Crippen molar-refractivity contribution in [2.45, 2.75) is 19.4 Å². The van der Waals surface area contributed by atoms with Crippen LogP contribution in [0.2, 0.25) is 0 Å². The molecule has 0 amide bonds. The van der Waals surface area contributed by atoms with Crippen LogP contribution in [0.25, 0.3) is 0 Å². The van der Waals surface area contributed by atoms with E-state index in [1.54, 1.807) is 18.5 Å². The molecule has 6 heteroatoms. The molecule has 2 rings (SSSR count). The summed E-state index contributed by atoms with van der Waals surface area (Å²) in [5.41, 5.74) is 6.08. The molecule has 0 aliphatic carbocycles. The second kappa shape index (κ2) is 5.59. The summed E-state index contributed by atoms with van der Waals surface area (Å²) >= 11 is 4.87. The molecule has 0 saturated heterocycles. The van der Waals surface area contributed by atoms with Crippen LogP contribution in [-0.4, -0.2) is 21.0 Å². The van der Waals surface area contributed by atoms with Gasteiger partial charge in [0.25, 0.3) is 0 Å². The first-order valence-electron chi connectivity index (χ1n) is 5.57. The SMILES string of the molecule is CC(Cc1ccco1)Nc1nccc(C(N)=S)n1. The molecule has 0 saturated carbocycles. The maximum atomic E-state index is 5.52. The lowest BCUT2D eigenvalue weighted by atomic mass is 10.2. The van der Waals surface area contributed by atoms with Gasteiger partial charge in [-0.15, -0.1) is 0 Å². The van der Waals surface area contributed by atoms with Gasteiger partial charge in [-0.2, -0.15) is 0 Å². The Hall–Kier alpha value is -1.95. The predicted molar refractivity (Wildman–Crippen MR) is 73.4 cm³/mol. The summed E-state index contributed by atoms with van der Waals surface area (Å²) in [6.45, 7) is 2.03. The molecule has 0 spiro atoms. The van der Waals surface area contributed by atoms with E-state index in [4.69, 9.17) is 22.4 Å². The zero-order valence-corrected chi connectivity index (χ0v) is 10.8. The largest absolute Gasteiger partial charge is 0.469 e. The first-order chi connectivity index (χ1) is 8.65. The summed E-state index contributed by atoms with van der Waals surface area (Å²) in [7, 11) is 0. The third kappa shape index (κ3) is 3.27. The van der Waals surface area contributed by atoms with Crippen LogP contribution in [0.5, 0.6) is 0 Å². The van der Waals surface area contributed by atoms with E-state index in [0.29, 0.717) is 11.6 Å². The van der Waals surface area contributed by atoms with Crippen LogP contribution < -0.4 is 11.1 Å². The Labute approximate surface area is 110 Å². The highest BCUT2D eigenvalue weighted by molar-refractivity contribution is 7.80. The van der Waals surface area contributed by atoms with Gasteiger partial charge in [-0.3, -0.25) is 0 Å². The number of hydrogen-bond donors (Lipinski definition) is 2. The minimum Gasteiger partial charge on any atom is -0.469 e. The van der Waals surface area contributed by atoms with E-state index in [1.807, 2.05) is 19.1 Å². The van der Waals surface area contributed by atoms with E-state index < -0.39 is 0 Å². The van der Waals surface area contributed by atoms with Gasteiger partial charge in [-0.05, 0) is 25.1 Å². The van der Waals surface area contributed by atoms with Crippen molar-refractivity contribution in [3.63, 3.8) is 0 Å². The molecular formula is C12H14N4OS. The molecule has 18 heavy (non-hydrogen) atoms. The molecule has 2 heterocycles. The smallest absolute Gasteiger partial charge is 0.223 e. The number of thiocarbonyl (C=S) groups is 1. The minimum absolute atomic E-state index is 0.151. The first kappa shape index (κ1) is 12.5. The fourth-order valence-corrected chi connectivity index (χ4v) is 1.68. The highest BCUT2D eigenvalue weighted by atomic mass is 32.1. The van der Waals surface area contributed by atoms with E-state index >= 15 is 0 Å². The Balaban J connectivity index is 2.00. The molecule has 1 unspecified atom stereocenters. The molecule has 1 atom stereocenters. The molecule has 0 aromatic carbocycles. The number of nitrogens with two attached hydrogens (primary N) is 1. The summed E-state index contributed by atoms with van der Waals surface area (Å²) in [6, 6.07) is 5.64. The second-order valence-corrected chi connectivity index (χ2v) is 4.40. The third-order valence-electron chi connectivity index (χ3n) is 2.37. The zero-order chi connectivity index (χ0) is 13.0. The van der Waals surface area contributed by atoms with Crippen LogP contribution >= 0.6 is 12.2 Å². The van der Waals surface area contributed by atoms with Crippen molar-refractivity contribution in [1.29, 1.82) is 0 Å². The van der Waals surface area contributed by atoms with Gasteiger partial charge >= 0.3 is 0 Å². The van der Waals surface area contributed by atoms with E-state index in [2.05, 4.69) is 15.3 Å². The van der Waals surface area contributed by atoms with Crippen molar-refractivity contribution < 1.29 is 4.42 Å². The number of hydrogen-bond acceptors (Lipinski definition) is 5. The van der Waals surface area contributed by atoms with Gasteiger partial charge in [0.15, 0.2) is 0 Å².